The highest BCUT2D eigenvalue weighted by Crippen LogP contribution is 2.23. The lowest BCUT2D eigenvalue weighted by Gasteiger charge is -2.32. The quantitative estimate of drug-likeness (QED) is 0.620. The molecule has 0 aliphatic carbocycles. The van der Waals surface area contributed by atoms with Crippen molar-refractivity contribution in [3.63, 3.8) is 0 Å². The van der Waals surface area contributed by atoms with E-state index in [0.29, 0.717) is 18.8 Å². The molecule has 3 heterocycles. The summed E-state index contributed by atoms with van der Waals surface area (Å²) in [6.45, 7) is 7.27. The van der Waals surface area contributed by atoms with Gasteiger partial charge in [0.2, 0.25) is 5.91 Å². The van der Waals surface area contributed by atoms with Gasteiger partial charge < -0.3 is 4.90 Å². The number of carbonyl (C=O) groups is 1. The molecular weight excluding hydrogens is 401 g/mol. The summed E-state index contributed by atoms with van der Waals surface area (Å²) in [5.41, 5.74) is 3.31. The Hall–Kier alpha value is -2.27. The van der Waals surface area contributed by atoms with E-state index in [1.54, 1.807) is 12.1 Å². The molecule has 32 heavy (non-hydrogen) atoms. The Balaban J connectivity index is 1.18. The van der Waals surface area contributed by atoms with Crippen LogP contribution in [0.4, 0.5) is 4.39 Å². The number of halogens is 1. The van der Waals surface area contributed by atoms with E-state index < -0.39 is 0 Å². The number of amides is 1. The van der Waals surface area contributed by atoms with Gasteiger partial charge >= 0.3 is 0 Å². The van der Waals surface area contributed by atoms with Crippen molar-refractivity contribution in [2.75, 3.05) is 26.2 Å². The molecule has 4 rings (SSSR count). The second kappa shape index (κ2) is 11.0. The monoisotopic (exact) mass is 437 g/mol. The summed E-state index contributed by atoms with van der Waals surface area (Å²) in [5, 5.41) is 0. The van der Waals surface area contributed by atoms with Crippen LogP contribution >= 0.6 is 0 Å². The molecule has 2 fully saturated rings. The molecule has 0 N–H and O–H groups in total. The highest BCUT2D eigenvalue weighted by atomic mass is 19.1. The van der Waals surface area contributed by atoms with Gasteiger partial charge in [0.25, 0.3) is 0 Å². The lowest BCUT2D eigenvalue weighted by atomic mass is 9.90. The van der Waals surface area contributed by atoms with Crippen LogP contribution < -0.4 is 0 Å². The highest BCUT2D eigenvalue weighted by molar-refractivity contribution is 5.76. The Kier molecular flexibility index (Phi) is 7.90. The molecule has 1 aromatic heterocycles. The number of aryl methyl sites for hydroxylation is 1. The van der Waals surface area contributed by atoms with Gasteiger partial charge in [-0.05, 0) is 86.2 Å². The molecule has 0 bridgehead atoms. The summed E-state index contributed by atoms with van der Waals surface area (Å²) in [4.78, 5) is 21.8. The summed E-state index contributed by atoms with van der Waals surface area (Å²) >= 11 is 0. The first-order valence-corrected chi connectivity index (χ1v) is 12.2. The third-order valence-electron chi connectivity index (χ3n) is 7.01. The SMILES string of the molecule is C[C@@H]1CCCN(Cc2ccc(CCC(=O)N3CCC(Cc4cccc(F)c4)CC3)nc2)C1. The Morgan fingerprint density at radius 1 is 1.09 bits per heavy atom. The molecule has 172 valence electrons. The van der Waals surface area contributed by atoms with Crippen molar-refractivity contribution in [2.24, 2.45) is 11.8 Å². The average molecular weight is 438 g/mol. The molecule has 0 unspecified atom stereocenters. The van der Waals surface area contributed by atoms with Crippen molar-refractivity contribution in [2.45, 2.75) is 58.4 Å². The highest BCUT2D eigenvalue weighted by Gasteiger charge is 2.23. The lowest BCUT2D eigenvalue weighted by Crippen LogP contribution is -2.39. The summed E-state index contributed by atoms with van der Waals surface area (Å²) in [6, 6.07) is 11.1. The third kappa shape index (κ3) is 6.61. The summed E-state index contributed by atoms with van der Waals surface area (Å²) < 4.78 is 13.4. The molecule has 2 aliphatic rings. The Bertz CT molecular complexity index is 877. The summed E-state index contributed by atoms with van der Waals surface area (Å²) in [5.74, 6) is 1.37. The number of pyridine rings is 1. The van der Waals surface area contributed by atoms with E-state index in [1.165, 1.54) is 37.6 Å². The molecular formula is C27H36FN3O. The Morgan fingerprint density at radius 2 is 1.94 bits per heavy atom. The van der Waals surface area contributed by atoms with Crippen molar-refractivity contribution in [1.29, 1.82) is 0 Å². The number of carbonyl (C=O) groups excluding carboxylic acids is 1. The average Bonchev–Trinajstić information content (AvgIpc) is 2.79. The zero-order valence-electron chi connectivity index (χ0n) is 19.3. The second-order valence-electron chi connectivity index (χ2n) is 9.80. The molecule has 4 nitrogen and oxygen atoms in total. The van der Waals surface area contributed by atoms with Gasteiger partial charge in [0.05, 0.1) is 0 Å². The lowest BCUT2D eigenvalue weighted by molar-refractivity contribution is -0.132. The van der Waals surface area contributed by atoms with Crippen LogP contribution in [0.3, 0.4) is 0 Å². The summed E-state index contributed by atoms with van der Waals surface area (Å²) in [7, 11) is 0. The van der Waals surface area contributed by atoms with Crippen LogP contribution in [0.1, 0.15) is 55.8 Å². The van der Waals surface area contributed by atoms with Crippen LogP contribution in [0.15, 0.2) is 42.6 Å². The first kappa shape index (κ1) is 22.9. The van der Waals surface area contributed by atoms with E-state index in [2.05, 4.69) is 28.9 Å². The van der Waals surface area contributed by atoms with Gasteiger partial charge in [-0.15, -0.1) is 0 Å². The molecule has 1 atom stereocenters. The molecule has 2 saturated heterocycles. The van der Waals surface area contributed by atoms with Gasteiger partial charge in [-0.1, -0.05) is 25.1 Å². The smallest absolute Gasteiger partial charge is 0.222 e. The molecule has 1 aromatic carbocycles. The second-order valence-corrected chi connectivity index (χ2v) is 9.80. The van der Waals surface area contributed by atoms with Crippen LogP contribution in [0.5, 0.6) is 0 Å². The minimum atomic E-state index is -0.169. The Morgan fingerprint density at radius 3 is 2.66 bits per heavy atom. The number of aromatic nitrogens is 1. The number of nitrogens with zero attached hydrogens (tertiary/aromatic N) is 3. The van der Waals surface area contributed by atoms with E-state index in [4.69, 9.17) is 0 Å². The number of piperidine rings is 2. The first-order valence-electron chi connectivity index (χ1n) is 12.2. The van der Waals surface area contributed by atoms with Crippen molar-refractivity contribution < 1.29 is 9.18 Å². The predicted molar refractivity (Wildman–Crippen MR) is 126 cm³/mol. The largest absolute Gasteiger partial charge is 0.343 e. The maximum Gasteiger partial charge on any atom is 0.222 e. The van der Waals surface area contributed by atoms with Crippen LogP contribution in [0.25, 0.3) is 0 Å². The number of benzene rings is 1. The van der Waals surface area contributed by atoms with E-state index in [0.717, 1.165) is 56.1 Å². The Labute approximate surface area is 191 Å². The van der Waals surface area contributed by atoms with Gasteiger partial charge in [0.1, 0.15) is 5.82 Å². The molecule has 0 radical (unpaired) electrons. The molecule has 1 amide bonds. The van der Waals surface area contributed by atoms with Gasteiger partial charge in [0.15, 0.2) is 0 Å². The van der Waals surface area contributed by atoms with Crippen molar-refractivity contribution in [1.82, 2.24) is 14.8 Å². The zero-order valence-corrected chi connectivity index (χ0v) is 19.3. The van der Waals surface area contributed by atoms with E-state index in [-0.39, 0.29) is 11.7 Å². The minimum absolute atomic E-state index is 0.169. The van der Waals surface area contributed by atoms with Gasteiger partial charge in [-0.25, -0.2) is 4.39 Å². The number of hydrogen-bond donors (Lipinski definition) is 0. The predicted octanol–water partition coefficient (Wildman–Crippen LogP) is 4.87. The maximum absolute atomic E-state index is 13.4. The number of likely N-dealkylation sites (tertiary alicyclic amines) is 2. The van der Waals surface area contributed by atoms with Gasteiger partial charge in [-0.3, -0.25) is 14.7 Å². The summed E-state index contributed by atoms with van der Waals surface area (Å²) in [6.07, 6.45) is 8.70. The number of rotatable bonds is 7. The zero-order chi connectivity index (χ0) is 22.3. The van der Waals surface area contributed by atoms with Crippen LogP contribution in [-0.4, -0.2) is 46.9 Å². The van der Waals surface area contributed by atoms with E-state index in [1.807, 2.05) is 17.2 Å². The fraction of sp³-hybridized carbons (Fsp3) is 0.556. The van der Waals surface area contributed by atoms with Gasteiger partial charge in [-0.2, -0.15) is 0 Å². The third-order valence-corrected chi connectivity index (χ3v) is 7.01. The topological polar surface area (TPSA) is 36.4 Å². The molecule has 0 saturated carbocycles. The fourth-order valence-corrected chi connectivity index (χ4v) is 5.16. The fourth-order valence-electron chi connectivity index (χ4n) is 5.16. The molecule has 5 heteroatoms. The van der Waals surface area contributed by atoms with Crippen LogP contribution in [0.2, 0.25) is 0 Å². The minimum Gasteiger partial charge on any atom is -0.343 e. The molecule has 2 aliphatic heterocycles. The first-order chi connectivity index (χ1) is 15.5. The molecule has 2 aromatic rings. The van der Waals surface area contributed by atoms with E-state index in [9.17, 15) is 9.18 Å². The van der Waals surface area contributed by atoms with Gasteiger partial charge in [0, 0.05) is 44.5 Å². The van der Waals surface area contributed by atoms with Crippen molar-refractivity contribution >= 4 is 5.91 Å². The van der Waals surface area contributed by atoms with Crippen LogP contribution in [0, 0.1) is 17.7 Å². The standard InChI is InChI=1S/C27H36FN3O/c1-21-4-3-13-30(19-21)20-24-7-8-26(29-18-24)9-10-27(32)31-14-11-22(12-15-31)16-23-5-2-6-25(28)17-23/h2,5-8,17-18,21-22H,3-4,9-16,19-20H2,1H3/t21-/m1/s1. The van der Waals surface area contributed by atoms with Crippen LogP contribution in [-0.2, 0) is 24.2 Å². The molecule has 0 spiro atoms. The number of hydrogen-bond acceptors (Lipinski definition) is 3. The maximum atomic E-state index is 13.4. The van der Waals surface area contributed by atoms with E-state index >= 15 is 0 Å². The van der Waals surface area contributed by atoms with Crippen molar-refractivity contribution in [3.05, 3.63) is 65.2 Å². The van der Waals surface area contributed by atoms with Crippen molar-refractivity contribution in [3.8, 4) is 0 Å². The normalized spacial score (nSPS) is 20.4.